The highest BCUT2D eigenvalue weighted by molar-refractivity contribution is 6.44. The number of nitrogens with zero attached hydrogens (tertiary/aromatic N) is 3. The van der Waals surface area contributed by atoms with Gasteiger partial charge in [-0.3, -0.25) is 15.0 Å². The maximum atomic E-state index is 4.79. The summed E-state index contributed by atoms with van der Waals surface area (Å²) in [6.07, 6.45) is 2.66. The average molecular weight is 290 g/mol. The maximum Gasteiger partial charge on any atom is 0.182 e. The molecule has 1 unspecified atom stereocenters. The second-order valence-corrected chi connectivity index (χ2v) is 5.69. The Morgan fingerprint density at radius 3 is 2.68 bits per heavy atom. The first kappa shape index (κ1) is 13.3. The second kappa shape index (κ2) is 5.46. The Balaban J connectivity index is 1.75. The number of nitrogens with one attached hydrogen (secondary N) is 1. The van der Waals surface area contributed by atoms with E-state index in [0.29, 0.717) is 0 Å². The summed E-state index contributed by atoms with van der Waals surface area (Å²) >= 11 is 0. The lowest BCUT2D eigenvalue weighted by Gasteiger charge is -2.12. The van der Waals surface area contributed by atoms with Crippen LogP contribution in [0, 0.1) is 6.92 Å². The normalized spacial score (nSPS) is 20.3. The molecule has 0 amide bonds. The lowest BCUT2D eigenvalue weighted by atomic mass is 9.99. The largest absolute Gasteiger partial charge is 0.311 e. The predicted octanol–water partition coefficient (Wildman–Crippen LogP) is 2.94. The van der Waals surface area contributed by atoms with E-state index in [1.165, 1.54) is 16.7 Å². The molecule has 1 aromatic heterocycles. The van der Waals surface area contributed by atoms with E-state index in [1.807, 2.05) is 12.3 Å². The predicted molar refractivity (Wildman–Crippen MR) is 89.5 cm³/mol. The van der Waals surface area contributed by atoms with Crippen LogP contribution in [0.5, 0.6) is 0 Å². The fourth-order valence-corrected chi connectivity index (χ4v) is 3.11. The van der Waals surface area contributed by atoms with E-state index in [0.717, 1.165) is 36.6 Å². The van der Waals surface area contributed by atoms with Crippen molar-refractivity contribution in [2.45, 2.75) is 19.5 Å². The molecular weight excluding hydrogens is 272 g/mol. The Hall–Kier alpha value is -2.33. The highest BCUT2D eigenvalue weighted by Crippen LogP contribution is 2.31. The lowest BCUT2D eigenvalue weighted by Crippen LogP contribution is -2.35. The number of piperidine rings is 1. The highest BCUT2D eigenvalue weighted by atomic mass is 15.1. The van der Waals surface area contributed by atoms with E-state index in [4.69, 9.17) is 9.98 Å². The number of aliphatic imine (C=N–C) groups is 2. The molecule has 2 aliphatic rings. The topological polar surface area (TPSA) is 49.6 Å². The van der Waals surface area contributed by atoms with E-state index < -0.39 is 0 Å². The maximum absolute atomic E-state index is 4.79. The van der Waals surface area contributed by atoms with Crippen LogP contribution in [0.15, 0.2) is 52.6 Å². The van der Waals surface area contributed by atoms with Gasteiger partial charge in [0.05, 0.1) is 17.1 Å². The number of rotatable bonds is 2. The van der Waals surface area contributed by atoms with Crippen molar-refractivity contribution in [1.82, 2.24) is 10.3 Å². The summed E-state index contributed by atoms with van der Waals surface area (Å²) < 4.78 is 0. The molecule has 0 bridgehead atoms. The standard InChI is InChI=1S/C18H18N4/c1-12-14(13-5-3-2-4-6-13)7-10-20-17(12)18-21-15-8-9-19-11-16(15)22-18/h2-7,10,18-19H,8-9,11H2,1H3. The number of hydrogen-bond acceptors (Lipinski definition) is 4. The first-order valence-corrected chi connectivity index (χ1v) is 7.68. The lowest BCUT2D eigenvalue weighted by molar-refractivity contribution is 0.754. The molecule has 0 aliphatic carbocycles. The van der Waals surface area contributed by atoms with Crippen molar-refractivity contribution in [3.8, 4) is 11.1 Å². The Morgan fingerprint density at radius 2 is 1.86 bits per heavy atom. The number of hydrogen-bond donors (Lipinski definition) is 1. The molecule has 1 aromatic carbocycles. The zero-order chi connectivity index (χ0) is 14.9. The molecule has 1 saturated heterocycles. The van der Waals surface area contributed by atoms with Gasteiger partial charge < -0.3 is 5.32 Å². The van der Waals surface area contributed by atoms with Crippen LogP contribution in [0.3, 0.4) is 0 Å². The molecule has 1 fully saturated rings. The summed E-state index contributed by atoms with van der Waals surface area (Å²) in [6, 6.07) is 12.5. The third kappa shape index (κ3) is 2.25. The van der Waals surface area contributed by atoms with E-state index in [9.17, 15) is 0 Å². The molecule has 2 aliphatic heterocycles. The van der Waals surface area contributed by atoms with Crippen LogP contribution in [-0.4, -0.2) is 29.5 Å². The minimum atomic E-state index is -0.173. The summed E-state index contributed by atoms with van der Waals surface area (Å²) in [5.41, 5.74) is 6.80. The quantitative estimate of drug-likeness (QED) is 0.924. The van der Waals surface area contributed by atoms with Crippen molar-refractivity contribution >= 4 is 11.4 Å². The van der Waals surface area contributed by atoms with Crippen LogP contribution in [0.25, 0.3) is 11.1 Å². The van der Waals surface area contributed by atoms with Crippen molar-refractivity contribution in [2.24, 2.45) is 9.98 Å². The number of pyridine rings is 1. The van der Waals surface area contributed by atoms with Gasteiger partial charge in [0.2, 0.25) is 0 Å². The number of fused-ring (bicyclic) bond motifs is 1. The fraction of sp³-hybridized carbons (Fsp3) is 0.278. The van der Waals surface area contributed by atoms with Crippen LogP contribution in [0.1, 0.15) is 23.8 Å². The molecule has 0 radical (unpaired) electrons. The second-order valence-electron chi connectivity index (χ2n) is 5.69. The first-order chi connectivity index (χ1) is 10.8. The van der Waals surface area contributed by atoms with Gasteiger partial charge in [0.25, 0.3) is 0 Å². The molecule has 3 heterocycles. The molecule has 110 valence electrons. The van der Waals surface area contributed by atoms with Crippen molar-refractivity contribution in [3.05, 3.63) is 53.9 Å². The van der Waals surface area contributed by atoms with Crippen molar-refractivity contribution in [1.29, 1.82) is 0 Å². The van der Waals surface area contributed by atoms with Gasteiger partial charge in [-0.05, 0) is 29.7 Å². The molecule has 4 nitrogen and oxygen atoms in total. The summed E-state index contributed by atoms with van der Waals surface area (Å²) in [7, 11) is 0. The van der Waals surface area contributed by atoms with Crippen molar-refractivity contribution in [2.75, 3.05) is 13.1 Å². The average Bonchev–Trinajstić information content (AvgIpc) is 2.99. The summed E-state index contributed by atoms with van der Waals surface area (Å²) in [5, 5.41) is 3.35. The number of aromatic nitrogens is 1. The van der Waals surface area contributed by atoms with Crippen molar-refractivity contribution < 1.29 is 0 Å². The van der Waals surface area contributed by atoms with Gasteiger partial charge in [-0.25, -0.2) is 0 Å². The summed E-state index contributed by atoms with van der Waals surface area (Å²) in [6.45, 7) is 3.93. The van der Waals surface area contributed by atoms with Gasteiger partial charge in [0.15, 0.2) is 6.17 Å². The Labute approximate surface area is 130 Å². The molecule has 0 spiro atoms. The third-order valence-corrected chi connectivity index (χ3v) is 4.29. The van der Waals surface area contributed by atoms with Gasteiger partial charge in [0, 0.05) is 25.7 Å². The van der Waals surface area contributed by atoms with Gasteiger partial charge in [-0.1, -0.05) is 30.3 Å². The van der Waals surface area contributed by atoms with Crippen molar-refractivity contribution in [3.63, 3.8) is 0 Å². The van der Waals surface area contributed by atoms with Crippen LogP contribution < -0.4 is 5.32 Å². The highest BCUT2D eigenvalue weighted by Gasteiger charge is 2.26. The minimum absolute atomic E-state index is 0.173. The van der Waals surface area contributed by atoms with Crippen LogP contribution in [0.4, 0.5) is 0 Å². The van der Waals surface area contributed by atoms with Gasteiger partial charge in [0.1, 0.15) is 0 Å². The van der Waals surface area contributed by atoms with E-state index in [1.54, 1.807) is 0 Å². The van der Waals surface area contributed by atoms with Gasteiger partial charge in [-0.15, -0.1) is 0 Å². The summed E-state index contributed by atoms with van der Waals surface area (Å²) in [4.78, 5) is 14.1. The Morgan fingerprint density at radius 1 is 1.05 bits per heavy atom. The van der Waals surface area contributed by atoms with Crippen LogP contribution in [0.2, 0.25) is 0 Å². The molecule has 4 heteroatoms. The smallest absolute Gasteiger partial charge is 0.182 e. The number of benzene rings is 1. The van der Waals surface area contributed by atoms with Crippen LogP contribution >= 0.6 is 0 Å². The third-order valence-electron chi connectivity index (χ3n) is 4.29. The monoisotopic (exact) mass is 290 g/mol. The zero-order valence-corrected chi connectivity index (χ0v) is 12.6. The molecular formula is C18H18N4. The van der Waals surface area contributed by atoms with E-state index in [2.05, 4.69) is 47.6 Å². The molecule has 2 aromatic rings. The molecule has 1 atom stereocenters. The van der Waals surface area contributed by atoms with Gasteiger partial charge >= 0.3 is 0 Å². The van der Waals surface area contributed by atoms with E-state index in [-0.39, 0.29) is 6.17 Å². The fourth-order valence-electron chi connectivity index (χ4n) is 3.11. The molecule has 4 rings (SSSR count). The Kier molecular flexibility index (Phi) is 3.31. The minimum Gasteiger partial charge on any atom is -0.311 e. The van der Waals surface area contributed by atoms with Gasteiger partial charge in [-0.2, -0.15) is 0 Å². The SMILES string of the molecule is Cc1c(-c2ccccc2)ccnc1C1N=C2CCNCC2=N1. The first-order valence-electron chi connectivity index (χ1n) is 7.68. The Bertz CT molecular complexity index is 740. The molecule has 0 saturated carbocycles. The zero-order valence-electron chi connectivity index (χ0n) is 12.6. The van der Waals surface area contributed by atoms with E-state index >= 15 is 0 Å². The van der Waals surface area contributed by atoms with Crippen LogP contribution in [-0.2, 0) is 0 Å². The molecule has 1 N–H and O–H groups in total. The molecule has 22 heavy (non-hydrogen) atoms. The summed E-state index contributed by atoms with van der Waals surface area (Å²) in [5.74, 6) is 0.